The molecule has 8 nitrogen and oxygen atoms in total. The number of nitrogens with zero attached hydrogens (tertiary/aromatic N) is 6. The van der Waals surface area contributed by atoms with Gasteiger partial charge in [0.2, 0.25) is 0 Å². The highest BCUT2D eigenvalue weighted by Gasteiger charge is 2.12. The average Bonchev–Trinajstić information content (AvgIpc) is 2.92. The summed E-state index contributed by atoms with van der Waals surface area (Å²) in [5.41, 5.74) is 2.42. The zero-order valence-electron chi connectivity index (χ0n) is 14.7. The highest BCUT2D eigenvalue weighted by atomic mass is 16.5. The van der Waals surface area contributed by atoms with E-state index in [4.69, 9.17) is 4.74 Å². The number of aryl methyl sites for hydroxylation is 2. The van der Waals surface area contributed by atoms with Crippen LogP contribution in [0.5, 0.6) is 0 Å². The van der Waals surface area contributed by atoms with Crippen molar-refractivity contribution in [2.24, 2.45) is 7.05 Å². The fourth-order valence-electron chi connectivity index (χ4n) is 3.17. The number of fused-ring (bicyclic) bond motifs is 2. The molecule has 1 aliphatic heterocycles. The standard InChI is InChI=1S/C17H23N7O/c1-12-21-14-10-13-15(18-4-3-5-24-6-8-25-9-7-24)19-11-20-16(13)22-17(14)23(12)2/h10-11H,3-9H2,1-2H3,(H,18,19,20,22). The lowest BCUT2D eigenvalue weighted by Crippen LogP contribution is -2.37. The Balaban J connectivity index is 1.49. The Morgan fingerprint density at radius 1 is 1.20 bits per heavy atom. The fraction of sp³-hybridized carbons (Fsp3) is 0.529. The Morgan fingerprint density at radius 3 is 2.88 bits per heavy atom. The normalized spacial score (nSPS) is 15.9. The number of hydrogen-bond donors (Lipinski definition) is 1. The van der Waals surface area contributed by atoms with E-state index in [-0.39, 0.29) is 0 Å². The molecule has 0 unspecified atom stereocenters. The predicted octanol–water partition coefficient (Wildman–Crippen LogP) is 1.35. The molecule has 0 atom stereocenters. The first-order chi connectivity index (χ1) is 12.2. The highest BCUT2D eigenvalue weighted by molar-refractivity contribution is 5.94. The van der Waals surface area contributed by atoms with Crippen molar-refractivity contribution in [1.29, 1.82) is 0 Å². The van der Waals surface area contributed by atoms with Gasteiger partial charge in [0.15, 0.2) is 11.3 Å². The van der Waals surface area contributed by atoms with Crippen molar-refractivity contribution in [1.82, 2.24) is 29.4 Å². The molecule has 0 radical (unpaired) electrons. The molecular weight excluding hydrogens is 318 g/mol. The Morgan fingerprint density at radius 2 is 2.04 bits per heavy atom. The van der Waals surface area contributed by atoms with Gasteiger partial charge in [-0.15, -0.1) is 0 Å². The second-order valence-corrected chi connectivity index (χ2v) is 6.38. The molecule has 25 heavy (non-hydrogen) atoms. The maximum atomic E-state index is 5.38. The van der Waals surface area contributed by atoms with Gasteiger partial charge in [0, 0.05) is 26.7 Å². The summed E-state index contributed by atoms with van der Waals surface area (Å²) in [5.74, 6) is 1.76. The van der Waals surface area contributed by atoms with Crippen LogP contribution in [0, 0.1) is 6.92 Å². The number of aromatic nitrogens is 5. The third-order valence-electron chi connectivity index (χ3n) is 4.72. The van der Waals surface area contributed by atoms with Crippen molar-refractivity contribution in [2.75, 3.05) is 44.7 Å². The van der Waals surface area contributed by atoms with Gasteiger partial charge in [-0.2, -0.15) is 0 Å². The highest BCUT2D eigenvalue weighted by Crippen LogP contribution is 2.22. The molecule has 0 amide bonds. The van der Waals surface area contributed by atoms with E-state index in [1.54, 1.807) is 6.33 Å². The molecule has 0 aliphatic carbocycles. The smallest absolute Gasteiger partial charge is 0.167 e. The van der Waals surface area contributed by atoms with Crippen LogP contribution in [0.4, 0.5) is 5.82 Å². The number of anilines is 1. The van der Waals surface area contributed by atoms with Gasteiger partial charge in [-0.25, -0.2) is 19.9 Å². The number of pyridine rings is 1. The minimum atomic E-state index is 0.696. The molecule has 8 heteroatoms. The number of rotatable bonds is 5. The van der Waals surface area contributed by atoms with E-state index in [1.165, 1.54) is 0 Å². The molecule has 1 N–H and O–H groups in total. The van der Waals surface area contributed by atoms with Gasteiger partial charge in [-0.1, -0.05) is 0 Å². The first kappa shape index (κ1) is 16.2. The van der Waals surface area contributed by atoms with Crippen LogP contribution < -0.4 is 5.32 Å². The molecular formula is C17H23N7O. The molecule has 1 fully saturated rings. The van der Waals surface area contributed by atoms with Crippen LogP contribution in [-0.2, 0) is 11.8 Å². The van der Waals surface area contributed by atoms with Crippen LogP contribution in [0.25, 0.3) is 22.2 Å². The van der Waals surface area contributed by atoms with Crippen LogP contribution >= 0.6 is 0 Å². The van der Waals surface area contributed by atoms with Crippen LogP contribution in [-0.4, -0.2) is 68.8 Å². The summed E-state index contributed by atoms with van der Waals surface area (Å²) in [4.78, 5) is 20.4. The van der Waals surface area contributed by atoms with E-state index in [9.17, 15) is 0 Å². The third kappa shape index (κ3) is 3.27. The quantitative estimate of drug-likeness (QED) is 0.702. The van der Waals surface area contributed by atoms with Crippen molar-refractivity contribution in [3.8, 4) is 0 Å². The zero-order valence-corrected chi connectivity index (χ0v) is 14.7. The molecule has 0 aromatic carbocycles. The number of imidazole rings is 1. The monoisotopic (exact) mass is 341 g/mol. The molecule has 0 spiro atoms. The fourth-order valence-corrected chi connectivity index (χ4v) is 3.17. The molecule has 1 aliphatic rings. The summed E-state index contributed by atoms with van der Waals surface area (Å²) >= 11 is 0. The SMILES string of the molecule is Cc1nc2cc3c(NCCCN4CCOCC4)ncnc3nc2n1C. The summed E-state index contributed by atoms with van der Waals surface area (Å²) in [6.45, 7) is 7.64. The van der Waals surface area contributed by atoms with E-state index in [0.29, 0.717) is 5.65 Å². The van der Waals surface area contributed by atoms with Gasteiger partial charge >= 0.3 is 0 Å². The summed E-state index contributed by atoms with van der Waals surface area (Å²) in [7, 11) is 1.97. The second kappa shape index (κ2) is 6.89. The van der Waals surface area contributed by atoms with Gasteiger partial charge in [0.1, 0.15) is 23.5 Å². The number of hydrogen-bond acceptors (Lipinski definition) is 7. The van der Waals surface area contributed by atoms with Gasteiger partial charge in [-0.3, -0.25) is 4.90 Å². The van der Waals surface area contributed by atoms with E-state index in [2.05, 4.69) is 30.2 Å². The largest absolute Gasteiger partial charge is 0.379 e. The summed E-state index contributed by atoms with van der Waals surface area (Å²) in [5, 5.41) is 4.35. The van der Waals surface area contributed by atoms with Gasteiger partial charge in [-0.05, 0) is 26.0 Å². The first-order valence-corrected chi connectivity index (χ1v) is 8.71. The summed E-state index contributed by atoms with van der Waals surface area (Å²) in [6, 6.07) is 2.02. The molecule has 0 bridgehead atoms. The van der Waals surface area contributed by atoms with Gasteiger partial charge in [0.25, 0.3) is 0 Å². The third-order valence-corrected chi connectivity index (χ3v) is 4.72. The molecule has 132 valence electrons. The van der Waals surface area contributed by atoms with E-state index >= 15 is 0 Å². The predicted molar refractivity (Wildman–Crippen MR) is 96.7 cm³/mol. The Kier molecular flexibility index (Phi) is 4.46. The lowest BCUT2D eigenvalue weighted by atomic mass is 10.3. The molecule has 1 saturated heterocycles. The molecule has 0 saturated carbocycles. The van der Waals surface area contributed by atoms with Crippen molar-refractivity contribution in [3.63, 3.8) is 0 Å². The summed E-state index contributed by atoms with van der Waals surface area (Å²) < 4.78 is 7.36. The maximum Gasteiger partial charge on any atom is 0.167 e. The van der Waals surface area contributed by atoms with Crippen LogP contribution in [0.3, 0.4) is 0 Å². The molecule has 4 rings (SSSR count). The van der Waals surface area contributed by atoms with Crippen LogP contribution in [0.15, 0.2) is 12.4 Å². The van der Waals surface area contributed by atoms with Gasteiger partial charge < -0.3 is 14.6 Å². The zero-order chi connectivity index (χ0) is 17.2. The Bertz CT molecular complexity index is 885. The Labute approximate surface area is 146 Å². The number of nitrogens with one attached hydrogen (secondary N) is 1. The average molecular weight is 341 g/mol. The maximum absolute atomic E-state index is 5.38. The van der Waals surface area contributed by atoms with Crippen molar-refractivity contribution in [3.05, 3.63) is 18.2 Å². The van der Waals surface area contributed by atoms with Crippen LogP contribution in [0.2, 0.25) is 0 Å². The second-order valence-electron chi connectivity index (χ2n) is 6.38. The van der Waals surface area contributed by atoms with Crippen molar-refractivity contribution < 1.29 is 4.74 Å². The van der Waals surface area contributed by atoms with Crippen molar-refractivity contribution >= 4 is 28.0 Å². The van der Waals surface area contributed by atoms with E-state index in [1.807, 2.05) is 24.6 Å². The molecule has 3 aromatic rings. The molecule has 3 aromatic heterocycles. The van der Waals surface area contributed by atoms with Crippen molar-refractivity contribution in [2.45, 2.75) is 13.3 Å². The lowest BCUT2D eigenvalue weighted by Gasteiger charge is -2.26. The lowest BCUT2D eigenvalue weighted by molar-refractivity contribution is 0.0378. The minimum Gasteiger partial charge on any atom is -0.379 e. The van der Waals surface area contributed by atoms with E-state index in [0.717, 1.165) is 74.0 Å². The topological polar surface area (TPSA) is 81.0 Å². The first-order valence-electron chi connectivity index (χ1n) is 8.71. The minimum absolute atomic E-state index is 0.696. The number of ether oxygens (including phenoxy) is 1. The summed E-state index contributed by atoms with van der Waals surface area (Å²) in [6.07, 6.45) is 2.62. The molecule has 4 heterocycles. The van der Waals surface area contributed by atoms with E-state index < -0.39 is 0 Å². The Hall–Kier alpha value is -2.32. The number of morpholine rings is 1. The van der Waals surface area contributed by atoms with Crippen LogP contribution in [0.1, 0.15) is 12.2 Å². The van der Waals surface area contributed by atoms with Gasteiger partial charge in [0.05, 0.1) is 18.6 Å².